The first-order valence-electron chi connectivity index (χ1n) is 1.89. The topological polar surface area (TPSA) is 0 Å². The summed E-state index contributed by atoms with van der Waals surface area (Å²) in [5.74, 6) is 0. The van der Waals surface area contributed by atoms with Crippen LogP contribution in [0.3, 0.4) is 0 Å². The molecule has 6 heavy (non-hydrogen) atoms. The van der Waals surface area contributed by atoms with Crippen molar-refractivity contribution in [3.63, 3.8) is 0 Å². The van der Waals surface area contributed by atoms with Crippen LogP contribution < -0.4 is 0 Å². The van der Waals surface area contributed by atoms with E-state index in [0.717, 1.165) is 0 Å². The molecule has 1 radical (unpaired) electrons. The average molecular weight is 258 g/mol. The second-order valence-corrected chi connectivity index (χ2v) is 1.15. The summed E-state index contributed by atoms with van der Waals surface area (Å²) in [6, 6.07) is 0. The van der Waals surface area contributed by atoms with Crippen molar-refractivity contribution < 1.29 is 20.1 Å². The summed E-state index contributed by atoms with van der Waals surface area (Å²) in [6.07, 6.45) is 6.53. The Hall–Kier alpha value is 0.169. The Morgan fingerprint density at radius 2 is 1.67 bits per heavy atom. The van der Waals surface area contributed by atoms with Crippen LogP contribution in [0.15, 0.2) is 17.9 Å². The molecule has 0 spiro atoms. The summed E-state index contributed by atoms with van der Waals surface area (Å²) in [6.45, 7) is 0. The van der Waals surface area contributed by atoms with Gasteiger partial charge in [-0.3, -0.25) is 0 Å². The minimum atomic E-state index is 0. The summed E-state index contributed by atoms with van der Waals surface area (Å²) < 4.78 is 0. The van der Waals surface area contributed by atoms with Crippen LogP contribution in [0.5, 0.6) is 0 Å². The van der Waals surface area contributed by atoms with Gasteiger partial charge in [-0.25, -0.2) is 0 Å². The minimum Gasteiger partial charge on any atom is -0.130 e. The molecule has 1 rings (SSSR count). The van der Waals surface area contributed by atoms with E-state index < -0.39 is 0 Å². The van der Waals surface area contributed by atoms with Crippen LogP contribution in [0.2, 0.25) is 0 Å². The molecule has 0 saturated carbocycles. The number of rotatable bonds is 0. The Morgan fingerprint density at radius 1 is 1.17 bits per heavy atom. The zero-order valence-electron chi connectivity index (χ0n) is 3.40. The van der Waals surface area contributed by atoms with E-state index >= 15 is 0 Å². The first-order valence-corrected chi connectivity index (χ1v) is 1.89. The molecule has 0 aromatic heterocycles. The molecule has 35 valence electrons. The molecule has 0 heterocycles. The molecule has 0 atom stereocenters. The van der Waals surface area contributed by atoms with Gasteiger partial charge in [0, 0.05) is 20.1 Å². The molecule has 0 fully saturated rings. The normalized spacial score (nSPS) is 14.7. The van der Waals surface area contributed by atoms with Gasteiger partial charge in [-0.05, 0) is 25.0 Å². The van der Waals surface area contributed by atoms with Gasteiger partial charge in [0.05, 0.1) is 0 Å². The smallest absolute Gasteiger partial charge is 0 e. The Labute approximate surface area is 51.3 Å². The van der Waals surface area contributed by atoms with Crippen LogP contribution in [0, 0.1) is 0 Å². The Morgan fingerprint density at radius 3 is 1.83 bits per heavy atom. The van der Waals surface area contributed by atoms with E-state index in [2.05, 4.69) is 17.9 Å². The molecule has 0 saturated heterocycles. The fourth-order valence-corrected chi connectivity index (χ4v) is 0.417. The van der Waals surface area contributed by atoms with Crippen molar-refractivity contribution in [2.24, 2.45) is 0 Å². The fraction of sp³-hybridized carbons (Fsp3) is 0.400. The van der Waals surface area contributed by atoms with Gasteiger partial charge in [0.15, 0.2) is 0 Å². The molecule has 0 nitrogen and oxygen atoms in total. The van der Waals surface area contributed by atoms with Crippen molar-refractivity contribution in [1.29, 1.82) is 0 Å². The van der Waals surface area contributed by atoms with Crippen molar-refractivity contribution in [1.82, 2.24) is 0 Å². The van der Waals surface area contributed by atoms with Gasteiger partial charge in [0.25, 0.3) is 0 Å². The van der Waals surface area contributed by atoms with E-state index in [4.69, 9.17) is 0 Å². The standard InChI is InChI=1S/C5H6.Ir/c1-2-4-5-3-1;/h1,5H,2,4H2;. The molecule has 0 aromatic carbocycles. The summed E-state index contributed by atoms with van der Waals surface area (Å²) >= 11 is 0. The van der Waals surface area contributed by atoms with Gasteiger partial charge in [-0.1, -0.05) is 0 Å². The van der Waals surface area contributed by atoms with Crippen molar-refractivity contribution in [3.05, 3.63) is 17.9 Å². The van der Waals surface area contributed by atoms with E-state index in [-0.39, 0.29) is 20.1 Å². The van der Waals surface area contributed by atoms with Crippen LogP contribution >= 0.6 is 0 Å². The third kappa shape index (κ3) is 1.57. The van der Waals surface area contributed by atoms with Gasteiger partial charge in [0.2, 0.25) is 0 Å². The molecule has 0 aliphatic heterocycles. The monoisotopic (exact) mass is 259 g/mol. The molecule has 0 aromatic rings. The van der Waals surface area contributed by atoms with Crippen molar-refractivity contribution in [2.45, 2.75) is 12.8 Å². The van der Waals surface area contributed by atoms with Crippen molar-refractivity contribution in [3.8, 4) is 0 Å². The van der Waals surface area contributed by atoms with E-state index in [9.17, 15) is 0 Å². The zero-order valence-corrected chi connectivity index (χ0v) is 5.80. The second-order valence-electron chi connectivity index (χ2n) is 1.15. The third-order valence-electron chi connectivity index (χ3n) is 0.691. The van der Waals surface area contributed by atoms with Crippen LogP contribution in [-0.2, 0) is 20.1 Å². The van der Waals surface area contributed by atoms with Crippen LogP contribution in [0.4, 0.5) is 0 Å². The quantitative estimate of drug-likeness (QED) is 0.578. The summed E-state index contributed by atoms with van der Waals surface area (Å²) in [5.41, 5.74) is 2.97. The van der Waals surface area contributed by atoms with Gasteiger partial charge < -0.3 is 0 Å². The molecule has 1 aliphatic rings. The maximum atomic E-state index is 2.97. The van der Waals surface area contributed by atoms with Gasteiger partial charge in [-0.15, -0.1) is 5.73 Å². The summed E-state index contributed by atoms with van der Waals surface area (Å²) in [4.78, 5) is 0. The number of hydrogen-bond donors (Lipinski definition) is 0. The van der Waals surface area contributed by atoms with E-state index in [0.29, 0.717) is 0 Å². The predicted molar refractivity (Wildman–Crippen MR) is 21.9 cm³/mol. The maximum Gasteiger partial charge on any atom is 0 e. The SMILES string of the molecule is C1=CCCC=1.[Ir]. The molecule has 0 unspecified atom stereocenters. The van der Waals surface area contributed by atoms with Crippen LogP contribution in [0.1, 0.15) is 12.8 Å². The van der Waals surface area contributed by atoms with E-state index in [1.54, 1.807) is 0 Å². The largest absolute Gasteiger partial charge is 0.130 e. The number of hydrogen-bond acceptors (Lipinski definition) is 0. The van der Waals surface area contributed by atoms with E-state index in [1.165, 1.54) is 12.8 Å². The van der Waals surface area contributed by atoms with Crippen LogP contribution in [0.25, 0.3) is 0 Å². The minimum absolute atomic E-state index is 0. The summed E-state index contributed by atoms with van der Waals surface area (Å²) in [7, 11) is 0. The summed E-state index contributed by atoms with van der Waals surface area (Å²) in [5, 5.41) is 0. The van der Waals surface area contributed by atoms with Crippen LogP contribution in [-0.4, -0.2) is 0 Å². The third-order valence-corrected chi connectivity index (χ3v) is 0.691. The van der Waals surface area contributed by atoms with Crippen molar-refractivity contribution >= 4 is 0 Å². The molecule has 1 heteroatoms. The molecular weight excluding hydrogens is 252 g/mol. The first kappa shape index (κ1) is 6.17. The zero-order chi connectivity index (χ0) is 3.54. The van der Waals surface area contributed by atoms with Gasteiger partial charge >= 0.3 is 0 Å². The van der Waals surface area contributed by atoms with Gasteiger partial charge in [-0.2, -0.15) is 0 Å². The predicted octanol–water partition coefficient (Wildman–Crippen LogP) is 1.49. The van der Waals surface area contributed by atoms with Crippen molar-refractivity contribution in [2.75, 3.05) is 0 Å². The van der Waals surface area contributed by atoms with Gasteiger partial charge in [0.1, 0.15) is 0 Å². The molecular formula is C5H6Ir. The second kappa shape index (κ2) is 3.36. The Kier molecular flexibility index (Phi) is 3.46. The number of allylic oxidation sites excluding steroid dienone is 1. The molecule has 1 aliphatic carbocycles. The molecule has 0 N–H and O–H groups in total. The molecule has 0 amide bonds. The Bertz CT molecular complexity index is 69.9. The maximum absolute atomic E-state index is 2.97. The molecule has 0 bridgehead atoms. The Balaban J connectivity index is 0.000000250. The fourth-order valence-electron chi connectivity index (χ4n) is 0.417. The van der Waals surface area contributed by atoms with E-state index in [1.807, 2.05) is 0 Å². The first-order chi connectivity index (χ1) is 2.50. The average Bonchev–Trinajstić information content (AvgIpc) is 1.76.